The van der Waals surface area contributed by atoms with Crippen LogP contribution in [0.2, 0.25) is 0 Å². The van der Waals surface area contributed by atoms with E-state index in [0.717, 1.165) is 16.7 Å². The highest BCUT2D eigenvalue weighted by Crippen LogP contribution is 2.50. The van der Waals surface area contributed by atoms with Crippen molar-refractivity contribution in [3.05, 3.63) is 29.3 Å². The Morgan fingerprint density at radius 1 is 0.750 bits per heavy atom. The standard InChI is InChI=1S/C22H26O6/c1-12(2)28-18-11-15-14(10-17(18)24-3)16(23)8-7-13-9-19(25-4)21(26-5)22(27-6)20(13)15/h9-12H,7-8H2,1-6H3. The van der Waals surface area contributed by atoms with Crippen LogP contribution in [0.5, 0.6) is 28.7 Å². The maximum Gasteiger partial charge on any atom is 0.203 e. The van der Waals surface area contributed by atoms with Crippen molar-refractivity contribution in [2.75, 3.05) is 28.4 Å². The van der Waals surface area contributed by atoms with Crippen LogP contribution in [-0.2, 0) is 6.42 Å². The van der Waals surface area contributed by atoms with Crippen LogP contribution in [0.15, 0.2) is 18.2 Å². The predicted octanol–water partition coefficient (Wildman–Crippen LogP) is 4.30. The van der Waals surface area contributed by atoms with E-state index in [2.05, 4.69) is 0 Å². The number of ketones is 1. The summed E-state index contributed by atoms with van der Waals surface area (Å²) in [5.74, 6) is 2.75. The van der Waals surface area contributed by atoms with Crippen LogP contribution in [0.1, 0.15) is 36.2 Å². The molecule has 0 saturated heterocycles. The van der Waals surface area contributed by atoms with Gasteiger partial charge in [0, 0.05) is 23.1 Å². The molecule has 0 unspecified atom stereocenters. The van der Waals surface area contributed by atoms with Gasteiger partial charge in [-0.3, -0.25) is 4.79 Å². The van der Waals surface area contributed by atoms with E-state index in [1.54, 1.807) is 34.5 Å². The van der Waals surface area contributed by atoms with Crippen molar-refractivity contribution in [3.63, 3.8) is 0 Å². The minimum absolute atomic E-state index is 0.0415. The van der Waals surface area contributed by atoms with Gasteiger partial charge in [-0.05, 0) is 44.0 Å². The fourth-order valence-electron chi connectivity index (χ4n) is 3.59. The van der Waals surface area contributed by atoms with E-state index in [1.165, 1.54) is 0 Å². The number of rotatable bonds is 6. The molecule has 2 aromatic carbocycles. The molecule has 0 fully saturated rings. The molecule has 0 atom stereocenters. The second-order valence-corrected chi connectivity index (χ2v) is 6.82. The van der Waals surface area contributed by atoms with E-state index in [-0.39, 0.29) is 11.9 Å². The quantitative estimate of drug-likeness (QED) is 0.737. The Labute approximate surface area is 165 Å². The number of aryl methyl sites for hydroxylation is 1. The molecule has 0 radical (unpaired) electrons. The first kappa shape index (κ1) is 19.9. The maximum atomic E-state index is 12.9. The molecular weight excluding hydrogens is 360 g/mol. The van der Waals surface area contributed by atoms with Crippen LogP contribution in [0, 0.1) is 0 Å². The number of carbonyl (C=O) groups excluding carboxylic acids is 1. The minimum atomic E-state index is -0.0415. The Morgan fingerprint density at radius 2 is 1.39 bits per heavy atom. The van der Waals surface area contributed by atoms with E-state index in [0.29, 0.717) is 47.2 Å². The van der Waals surface area contributed by atoms with Gasteiger partial charge in [0.05, 0.1) is 34.5 Å². The van der Waals surface area contributed by atoms with Gasteiger partial charge in [0.2, 0.25) is 5.75 Å². The van der Waals surface area contributed by atoms with Gasteiger partial charge in [-0.1, -0.05) is 0 Å². The van der Waals surface area contributed by atoms with Gasteiger partial charge in [-0.25, -0.2) is 0 Å². The molecule has 0 aliphatic heterocycles. The molecule has 28 heavy (non-hydrogen) atoms. The average Bonchev–Trinajstić information content (AvgIpc) is 2.82. The van der Waals surface area contributed by atoms with Crippen molar-refractivity contribution in [1.29, 1.82) is 0 Å². The Morgan fingerprint density at radius 3 is 1.96 bits per heavy atom. The number of Topliss-reactive ketones (excluding diaryl/α,β-unsaturated/α-hetero) is 1. The first-order valence-electron chi connectivity index (χ1n) is 9.19. The molecule has 0 spiro atoms. The maximum absolute atomic E-state index is 12.9. The Kier molecular flexibility index (Phi) is 5.68. The van der Waals surface area contributed by atoms with Crippen molar-refractivity contribution in [2.45, 2.75) is 32.8 Å². The number of methoxy groups -OCH3 is 4. The minimum Gasteiger partial charge on any atom is -0.493 e. The number of benzene rings is 2. The zero-order chi connectivity index (χ0) is 20.4. The van der Waals surface area contributed by atoms with E-state index in [9.17, 15) is 4.79 Å². The van der Waals surface area contributed by atoms with E-state index in [1.807, 2.05) is 26.0 Å². The molecule has 150 valence electrons. The predicted molar refractivity (Wildman–Crippen MR) is 107 cm³/mol. The lowest BCUT2D eigenvalue weighted by Gasteiger charge is -2.21. The van der Waals surface area contributed by atoms with Gasteiger partial charge >= 0.3 is 0 Å². The van der Waals surface area contributed by atoms with Crippen molar-refractivity contribution < 1.29 is 28.5 Å². The summed E-state index contributed by atoms with van der Waals surface area (Å²) in [6.45, 7) is 3.89. The highest BCUT2D eigenvalue weighted by atomic mass is 16.5. The van der Waals surface area contributed by atoms with Crippen molar-refractivity contribution in [3.8, 4) is 39.9 Å². The summed E-state index contributed by atoms with van der Waals surface area (Å²) in [7, 11) is 6.30. The topological polar surface area (TPSA) is 63.2 Å². The van der Waals surface area contributed by atoms with Crippen LogP contribution in [0.25, 0.3) is 11.1 Å². The Hall–Kier alpha value is -2.89. The first-order valence-corrected chi connectivity index (χ1v) is 9.19. The third-order valence-corrected chi connectivity index (χ3v) is 4.77. The van der Waals surface area contributed by atoms with Gasteiger partial charge in [-0.2, -0.15) is 0 Å². The van der Waals surface area contributed by atoms with E-state index in [4.69, 9.17) is 23.7 Å². The first-order chi connectivity index (χ1) is 13.4. The van der Waals surface area contributed by atoms with Gasteiger partial charge in [0.15, 0.2) is 28.8 Å². The third kappa shape index (κ3) is 3.35. The molecule has 0 saturated carbocycles. The lowest BCUT2D eigenvalue weighted by atomic mass is 9.94. The Bertz CT molecular complexity index is 901. The number of carbonyl (C=O) groups is 1. The van der Waals surface area contributed by atoms with Crippen LogP contribution in [0.3, 0.4) is 0 Å². The number of hydrogen-bond donors (Lipinski definition) is 0. The second-order valence-electron chi connectivity index (χ2n) is 6.82. The SMILES string of the molecule is COc1cc2c(cc1OC(C)C)-c1c(cc(OC)c(OC)c1OC)CCC2=O. The monoisotopic (exact) mass is 386 g/mol. The third-order valence-electron chi connectivity index (χ3n) is 4.77. The van der Waals surface area contributed by atoms with Gasteiger partial charge in [0.1, 0.15) is 0 Å². The number of ether oxygens (including phenoxy) is 5. The fraction of sp³-hybridized carbons (Fsp3) is 0.409. The summed E-state index contributed by atoms with van der Waals surface area (Å²) in [4.78, 5) is 12.9. The molecule has 1 aliphatic rings. The molecule has 0 bridgehead atoms. The lowest BCUT2D eigenvalue weighted by Crippen LogP contribution is -2.08. The van der Waals surface area contributed by atoms with Gasteiger partial charge < -0.3 is 23.7 Å². The zero-order valence-electron chi connectivity index (χ0n) is 17.2. The molecule has 3 rings (SSSR count). The molecule has 0 aromatic heterocycles. The van der Waals surface area contributed by atoms with Crippen molar-refractivity contribution >= 4 is 5.78 Å². The van der Waals surface area contributed by atoms with Gasteiger partial charge in [-0.15, -0.1) is 0 Å². The molecule has 2 aromatic rings. The number of fused-ring (bicyclic) bond motifs is 3. The molecule has 1 aliphatic carbocycles. The Balaban J connectivity index is 2.37. The molecule has 6 nitrogen and oxygen atoms in total. The van der Waals surface area contributed by atoms with Crippen LogP contribution in [-0.4, -0.2) is 40.3 Å². The zero-order valence-corrected chi connectivity index (χ0v) is 17.2. The summed E-state index contributed by atoms with van der Waals surface area (Å²) in [6.07, 6.45) is 0.911. The smallest absolute Gasteiger partial charge is 0.203 e. The van der Waals surface area contributed by atoms with E-state index >= 15 is 0 Å². The fourth-order valence-corrected chi connectivity index (χ4v) is 3.59. The second kappa shape index (κ2) is 8.00. The van der Waals surface area contributed by atoms with Crippen molar-refractivity contribution in [1.82, 2.24) is 0 Å². The van der Waals surface area contributed by atoms with Crippen LogP contribution in [0.4, 0.5) is 0 Å². The molecule has 6 heteroatoms. The molecular formula is C22H26O6. The average molecular weight is 386 g/mol. The summed E-state index contributed by atoms with van der Waals surface area (Å²) >= 11 is 0. The summed E-state index contributed by atoms with van der Waals surface area (Å²) in [6, 6.07) is 5.51. The summed E-state index contributed by atoms with van der Waals surface area (Å²) in [5, 5.41) is 0. The van der Waals surface area contributed by atoms with Crippen molar-refractivity contribution in [2.24, 2.45) is 0 Å². The molecule has 0 N–H and O–H groups in total. The largest absolute Gasteiger partial charge is 0.493 e. The normalized spacial score (nSPS) is 12.8. The molecule has 0 amide bonds. The van der Waals surface area contributed by atoms with Crippen LogP contribution >= 0.6 is 0 Å². The molecule has 0 heterocycles. The summed E-state index contributed by atoms with van der Waals surface area (Å²) < 4.78 is 28.2. The van der Waals surface area contributed by atoms with E-state index < -0.39 is 0 Å². The highest BCUT2D eigenvalue weighted by molar-refractivity contribution is 6.06. The highest BCUT2D eigenvalue weighted by Gasteiger charge is 2.29. The number of hydrogen-bond acceptors (Lipinski definition) is 6. The van der Waals surface area contributed by atoms with Gasteiger partial charge in [0.25, 0.3) is 0 Å². The summed E-state index contributed by atoms with van der Waals surface area (Å²) in [5.41, 5.74) is 3.10. The van der Waals surface area contributed by atoms with Crippen LogP contribution < -0.4 is 23.7 Å². The lowest BCUT2D eigenvalue weighted by molar-refractivity contribution is 0.0984.